The standard InChI is InChI=1S/C13H28N2O/c1-3-10(2)12(14)13(16)15-9-5-4-6-11-7-8-11/h10-13,15-16H,3-9,14H2,1-2H3/t10?,12-,13?/m0/s1. The van der Waals surface area contributed by atoms with Crippen molar-refractivity contribution < 1.29 is 5.11 Å². The Kier molecular flexibility index (Phi) is 6.32. The molecule has 0 radical (unpaired) electrons. The van der Waals surface area contributed by atoms with E-state index in [-0.39, 0.29) is 6.04 Å². The summed E-state index contributed by atoms with van der Waals surface area (Å²) in [6, 6.07) is -0.145. The number of hydrogen-bond donors (Lipinski definition) is 3. The van der Waals surface area contributed by atoms with Crippen molar-refractivity contribution in [1.82, 2.24) is 5.32 Å². The maximum absolute atomic E-state index is 9.80. The normalized spacial score (nSPS) is 21.8. The molecule has 1 saturated carbocycles. The number of hydrogen-bond acceptors (Lipinski definition) is 3. The molecule has 4 N–H and O–H groups in total. The van der Waals surface area contributed by atoms with Crippen LogP contribution in [0.3, 0.4) is 0 Å². The zero-order valence-electron chi connectivity index (χ0n) is 10.8. The lowest BCUT2D eigenvalue weighted by Crippen LogP contribution is -2.48. The smallest absolute Gasteiger partial charge is 0.120 e. The Morgan fingerprint density at radius 1 is 1.38 bits per heavy atom. The van der Waals surface area contributed by atoms with Gasteiger partial charge in [0.05, 0.1) is 0 Å². The van der Waals surface area contributed by atoms with E-state index >= 15 is 0 Å². The molecule has 1 rings (SSSR count). The maximum atomic E-state index is 9.80. The monoisotopic (exact) mass is 228 g/mol. The van der Waals surface area contributed by atoms with E-state index in [0.29, 0.717) is 5.92 Å². The molecule has 3 nitrogen and oxygen atoms in total. The Morgan fingerprint density at radius 2 is 2.06 bits per heavy atom. The molecule has 1 fully saturated rings. The van der Waals surface area contributed by atoms with Gasteiger partial charge in [0.25, 0.3) is 0 Å². The van der Waals surface area contributed by atoms with Crippen molar-refractivity contribution in [1.29, 1.82) is 0 Å². The lowest BCUT2D eigenvalue weighted by Gasteiger charge is -2.24. The van der Waals surface area contributed by atoms with Crippen LogP contribution in [0.4, 0.5) is 0 Å². The van der Waals surface area contributed by atoms with Crippen molar-refractivity contribution in [2.24, 2.45) is 17.6 Å². The van der Waals surface area contributed by atoms with Crippen LogP contribution in [-0.2, 0) is 0 Å². The molecular weight excluding hydrogens is 200 g/mol. The second-order valence-electron chi connectivity index (χ2n) is 5.30. The van der Waals surface area contributed by atoms with E-state index in [1.54, 1.807) is 0 Å². The highest BCUT2D eigenvalue weighted by Crippen LogP contribution is 2.33. The summed E-state index contributed by atoms with van der Waals surface area (Å²) in [7, 11) is 0. The third-order valence-electron chi connectivity index (χ3n) is 3.76. The first-order valence-electron chi connectivity index (χ1n) is 6.82. The average Bonchev–Trinajstić information content (AvgIpc) is 3.10. The van der Waals surface area contributed by atoms with Gasteiger partial charge in [-0.1, -0.05) is 46.0 Å². The van der Waals surface area contributed by atoms with Gasteiger partial charge < -0.3 is 10.8 Å². The van der Waals surface area contributed by atoms with E-state index in [1.165, 1.54) is 25.7 Å². The molecular formula is C13H28N2O. The van der Waals surface area contributed by atoms with Crippen LogP contribution in [0.5, 0.6) is 0 Å². The van der Waals surface area contributed by atoms with E-state index in [4.69, 9.17) is 5.73 Å². The second kappa shape index (κ2) is 7.25. The van der Waals surface area contributed by atoms with Crippen LogP contribution in [0.25, 0.3) is 0 Å². The summed E-state index contributed by atoms with van der Waals surface area (Å²) >= 11 is 0. The Balaban J connectivity index is 1.97. The molecule has 16 heavy (non-hydrogen) atoms. The first kappa shape index (κ1) is 13.9. The predicted octanol–water partition coefficient (Wildman–Crippen LogP) is 1.85. The quantitative estimate of drug-likeness (QED) is 0.417. The highest BCUT2D eigenvalue weighted by Gasteiger charge is 2.21. The topological polar surface area (TPSA) is 58.3 Å². The van der Waals surface area contributed by atoms with Crippen LogP contribution in [0, 0.1) is 11.8 Å². The largest absolute Gasteiger partial charge is 0.377 e. The number of unbranched alkanes of at least 4 members (excludes halogenated alkanes) is 1. The molecule has 3 atom stereocenters. The van der Waals surface area contributed by atoms with Gasteiger partial charge >= 0.3 is 0 Å². The van der Waals surface area contributed by atoms with E-state index < -0.39 is 6.23 Å². The fourth-order valence-electron chi connectivity index (χ4n) is 1.93. The molecule has 0 spiro atoms. The van der Waals surface area contributed by atoms with Gasteiger partial charge in [0.15, 0.2) is 0 Å². The summed E-state index contributed by atoms with van der Waals surface area (Å²) in [6.07, 6.45) is 7.15. The van der Waals surface area contributed by atoms with E-state index in [2.05, 4.69) is 19.2 Å². The van der Waals surface area contributed by atoms with Crippen molar-refractivity contribution in [2.45, 2.75) is 64.6 Å². The molecule has 0 aromatic carbocycles. The van der Waals surface area contributed by atoms with Gasteiger partial charge in [0, 0.05) is 6.04 Å². The van der Waals surface area contributed by atoms with Crippen molar-refractivity contribution in [3.63, 3.8) is 0 Å². The van der Waals surface area contributed by atoms with Gasteiger partial charge in [-0.25, -0.2) is 0 Å². The zero-order chi connectivity index (χ0) is 12.0. The minimum atomic E-state index is -0.545. The minimum Gasteiger partial charge on any atom is -0.377 e. The van der Waals surface area contributed by atoms with Gasteiger partial charge in [-0.05, 0) is 24.8 Å². The van der Waals surface area contributed by atoms with Crippen molar-refractivity contribution >= 4 is 0 Å². The van der Waals surface area contributed by atoms with E-state index in [9.17, 15) is 5.11 Å². The third kappa shape index (κ3) is 5.28. The summed E-state index contributed by atoms with van der Waals surface area (Å²) in [6.45, 7) is 5.08. The number of aliphatic hydroxyl groups is 1. The van der Waals surface area contributed by atoms with E-state index in [1.807, 2.05) is 0 Å². The Bertz CT molecular complexity index is 183. The molecule has 1 aliphatic rings. The molecule has 3 heteroatoms. The molecule has 0 aromatic heterocycles. The summed E-state index contributed by atoms with van der Waals surface area (Å²) in [4.78, 5) is 0. The maximum Gasteiger partial charge on any atom is 0.120 e. The number of nitrogens with two attached hydrogens (primary N) is 1. The van der Waals surface area contributed by atoms with Crippen molar-refractivity contribution in [3.8, 4) is 0 Å². The molecule has 0 amide bonds. The van der Waals surface area contributed by atoms with Crippen LogP contribution in [0.1, 0.15) is 52.4 Å². The summed E-state index contributed by atoms with van der Waals surface area (Å²) < 4.78 is 0. The third-order valence-corrected chi connectivity index (χ3v) is 3.76. The van der Waals surface area contributed by atoms with Crippen molar-refractivity contribution in [3.05, 3.63) is 0 Å². The van der Waals surface area contributed by atoms with Crippen LogP contribution in [0.15, 0.2) is 0 Å². The minimum absolute atomic E-state index is 0.145. The molecule has 2 unspecified atom stereocenters. The van der Waals surface area contributed by atoms with Gasteiger partial charge in [-0.15, -0.1) is 0 Å². The summed E-state index contributed by atoms with van der Waals surface area (Å²) in [5.74, 6) is 1.39. The average molecular weight is 228 g/mol. The van der Waals surface area contributed by atoms with Crippen LogP contribution in [-0.4, -0.2) is 23.9 Å². The van der Waals surface area contributed by atoms with Gasteiger partial charge in [0.1, 0.15) is 6.23 Å². The summed E-state index contributed by atoms with van der Waals surface area (Å²) in [5.41, 5.74) is 5.93. The molecule has 96 valence electrons. The highest BCUT2D eigenvalue weighted by atomic mass is 16.3. The fraction of sp³-hybridized carbons (Fsp3) is 1.00. The molecule has 0 heterocycles. The first-order valence-corrected chi connectivity index (χ1v) is 6.82. The Hall–Kier alpha value is -0.120. The number of aliphatic hydroxyl groups excluding tert-OH is 1. The lowest BCUT2D eigenvalue weighted by atomic mass is 9.98. The molecule has 0 aromatic rings. The fourth-order valence-corrected chi connectivity index (χ4v) is 1.93. The molecule has 0 aliphatic heterocycles. The van der Waals surface area contributed by atoms with Gasteiger partial charge in [-0.2, -0.15) is 0 Å². The molecule has 0 bridgehead atoms. The SMILES string of the molecule is CCC(C)[C@H](N)C(O)NCCCCC1CC1. The van der Waals surface area contributed by atoms with Crippen LogP contribution < -0.4 is 11.1 Å². The zero-order valence-corrected chi connectivity index (χ0v) is 10.8. The lowest BCUT2D eigenvalue weighted by molar-refractivity contribution is 0.0870. The second-order valence-corrected chi connectivity index (χ2v) is 5.30. The van der Waals surface area contributed by atoms with Crippen LogP contribution in [0.2, 0.25) is 0 Å². The molecule has 1 aliphatic carbocycles. The predicted molar refractivity (Wildman–Crippen MR) is 68.0 cm³/mol. The van der Waals surface area contributed by atoms with Gasteiger partial charge in [-0.3, -0.25) is 5.32 Å². The van der Waals surface area contributed by atoms with Gasteiger partial charge in [0.2, 0.25) is 0 Å². The summed E-state index contributed by atoms with van der Waals surface area (Å²) in [5, 5.41) is 12.9. The number of rotatable bonds is 9. The Labute approximate surface area is 99.8 Å². The van der Waals surface area contributed by atoms with E-state index in [0.717, 1.165) is 25.3 Å². The van der Waals surface area contributed by atoms with Crippen molar-refractivity contribution in [2.75, 3.05) is 6.54 Å². The Morgan fingerprint density at radius 3 is 2.62 bits per heavy atom. The molecule has 0 saturated heterocycles. The number of nitrogens with one attached hydrogen (secondary N) is 1. The van der Waals surface area contributed by atoms with Crippen LogP contribution >= 0.6 is 0 Å². The highest BCUT2D eigenvalue weighted by molar-refractivity contribution is 4.75. The first-order chi connectivity index (χ1) is 7.65.